The fourth-order valence-corrected chi connectivity index (χ4v) is 1.98. The van der Waals surface area contributed by atoms with Gasteiger partial charge >= 0.3 is 6.09 Å². The number of ether oxygens (including phenoxy) is 1. The van der Waals surface area contributed by atoms with Crippen molar-refractivity contribution >= 4 is 12.0 Å². The summed E-state index contributed by atoms with van der Waals surface area (Å²) in [5.41, 5.74) is -0.145. The molecule has 0 atom stereocenters. The Bertz CT molecular complexity index is 553. The highest BCUT2D eigenvalue weighted by Crippen LogP contribution is 2.14. The van der Waals surface area contributed by atoms with Crippen LogP contribution in [0.15, 0.2) is 12.3 Å². The molecule has 2 heterocycles. The molecule has 7 nitrogen and oxygen atoms in total. The maximum atomic E-state index is 12.0. The van der Waals surface area contributed by atoms with Crippen molar-refractivity contribution in [1.82, 2.24) is 14.9 Å². The molecule has 2 rings (SSSR count). The molecule has 0 bridgehead atoms. The Hall–Kier alpha value is -2.36. The standard InChI is InChI=1S/C14H19N5O2/c1-14(2,3)21-13(20)19-8-6-18(7-9-19)12-16-5-4-11(10-15)17-12/h4-5H,6-9H2,1-3H3. The Labute approximate surface area is 124 Å². The molecule has 0 spiro atoms. The van der Waals surface area contributed by atoms with Crippen molar-refractivity contribution in [2.75, 3.05) is 31.1 Å². The predicted molar refractivity (Wildman–Crippen MR) is 76.8 cm³/mol. The summed E-state index contributed by atoms with van der Waals surface area (Å²) in [4.78, 5) is 23.9. The first-order valence-electron chi connectivity index (χ1n) is 6.85. The van der Waals surface area contributed by atoms with Gasteiger partial charge in [-0.3, -0.25) is 0 Å². The van der Waals surface area contributed by atoms with Crippen LogP contribution < -0.4 is 4.90 Å². The van der Waals surface area contributed by atoms with Gasteiger partial charge in [0.15, 0.2) is 0 Å². The van der Waals surface area contributed by atoms with Crippen molar-refractivity contribution in [1.29, 1.82) is 5.26 Å². The van der Waals surface area contributed by atoms with E-state index in [1.165, 1.54) is 0 Å². The number of amides is 1. The van der Waals surface area contributed by atoms with E-state index in [-0.39, 0.29) is 6.09 Å². The van der Waals surface area contributed by atoms with Gasteiger partial charge in [-0.15, -0.1) is 0 Å². The van der Waals surface area contributed by atoms with Gasteiger partial charge in [0, 0.05) is 32.4 Å². The molecule has 7 heteroatoms. The zero-order valence-electron chi connectivity index (χ0n) is 12.5. The molecule has 0 unspecified atom stereocenters. The minimum atomic E-state index is -0.488. The second-order valence-corrected chi connectivity index (χ2v) is 5.81. The second-order valence-electron chi connectivity index (χ2n) is 5.81. The third-order valence-electron chi connectivity index (χ3n) is 2.97. The summed E-state index contributed by atoms with van der Waals surface area (Å²) in [5, 5.41) is 8.86. The van der Waals surface area contributed by atoms with E-state index < -0.39 is 5.60 Å². The Balaban J connectivity index is 1.94. The number of anilines is 1. The van der Waals surface area contributed by atoms with Gasteiger partial charge in [-0.05, 0) is 26.8 Å². The second kappa shape index (κ2) is 5.95. The first-order chi connectivity index (χ1) is 9.89. The lowest BCUT2D eigenvalue weighted by Crippen LogP contribution is -2.50. The highest BCUT2D eigenvalue weighted by atomic mass is 16.6. The molecule has 1 aromatic heterocycles. The SMILES string of the molecule is CC(C)(C)OC(=O)N1CCN(c2nccc(C#N)n2)CC1. The summed E-state index contributed by atoms with van der Waals surface area (Å²) in [7, 11) is 0. The number of hydrogen-bond acceptors (Lipinski definition) is 6. The fourth-order valence-electron chi connectivity index (χ4n) is 1.98. The number of aromatic nitrogens is 2. The summed E-state index contributed by atoms with van der Waals surface area (Å²) in [6.07, 6.45) is 1.27. The number of carbonyl (C=O) groups is 1. The predicted octanol–water partition coefficient (Wildman–Crippen LogP) is 1.41. The Morgan fingerprint density at radius 1 is 1.33 bits per heavy atom. The summed E-state index contributed by atoms with van der Waals surface area (Å²) in [6, 6.07) is 3.57. The molecule has 1 aromatic rings. The third kappa shape index (κ3) is 4.05. The fraction of sp³-hybridized carbons (Fsp3) is 0.571. The van der Waals surface area contributed by atoms with Gasteiger partial charge in [0.2, 0.25) is 5.95 Å². The molecule has 1 aliphatic heterocycles. The quantitative estimate of drug-likeness (QED) is 0.777. The van der Waals surface area contributed by atoms with E-state index >= 15 is 0 Å². The molecule has 0 N–H and O–H groups in total. The highest BCUT2D eigenvalue weighted by Gasteiger charge is 2.26. The Kier molecular flexibility index (Phi) is 4.26. The average molecular weight is 289 g/mol. The first-order valence-corrected chi connectivity index (χ1v) is 6.85. The van der Waals surface area contributed by atoms with E-state index in [0.717, 1.165) is 0 Å². The average Bonchev–Trinajstić information content (AvgIpc) is 2.46. The number of carbonyl (C=O) groups excluding carboxylic acids is 1. The van der Waals surface area contributed by atoms with Crippen molar-refractivity contribution in [3.8, 4) is 6.07 Å². The smallest absolute Gasteiger partial charge is 0.410 e. The van der Waals surface area contributed by atoms with E-state index in [9.17, 15) is 4.79 Å². The molecule has 21 heavy (non-hydrogen) atoms. The molecule has 1 saturated heterocycles. The van der Waals surface area contributed by atoms with Crippen molar-refractivity contribution in [3.05, 3.63) is 18.0 Å². The maximum Gasteiger partial charge on any atom is 0.410 e. The maximum absolute atomic E-state index is 12.0. The van der Waals surface area contributed by atoms with Crippen molar-refractivity contribution in [2.45, 2.75) is 26.4 Å². The van der Waals surface area contributed by atoms with Crippen LogP contribution in [-0.2, 0) is 4.74 Å². The molecule has 1 fully saturated rings. The van der Waals surface area contributed by atoms with Crippen molar-refractivity contribution in [3.63, 3.8) is 0 Å². The molecule has 112 valence electrons. The van der Waals surface area contributed by atoms with Crippen LogP contribution in [0.3, 0.4) is 0 Å². The lowest BCUT2D eigenvalue weighted by molar-refractivity contribution is 0.0240. The molecule has 1 aliphatic rings. The van der Waals surface area contributed by atoms with E-state index in [1.807, 2.05) is 31.7 Å². The van der Waals surface area contributed by atoms with Gasteiger partial charge in [-0.2, -0.15) is 5.26 Å². The summed E-state index contributed by atoms with van der Waals surface area (Å²) < 4.78 is 5.35. The van der Waals surface area contributed by atoms with Gasteiger partial charge in [-0.25, -0.2) is 14.8 Å². The van der Waals surface area contributed by atoms with Gasteiger partial charge in [0.1, 0.15) is 17.4 Å². The number of piperazine rings is 1. The first kappa shape index (κ1) is 15.0. The van der Waals surface area contributed by atoms with Crippen molar-refractivity contribution < 1.29 is 9.53 Å². The zero-order valence-corrected chi connectivity index (χ0v) is 12.5. The van der Waals surface area contributed by atoms with Crippen LogP contribution in [-0.4, -0.2) is 52.7 Å². The largest absolute Gasteiger partial charge is 0.444 e. The number of hydrogen-bond donors (Lipinski definition) is 0. The number of nitriles is 1. The molecular formula is C14H19N5O2. The lowest BCUT2D eigenvalue weighted by atomic mass is 10.2. The van der Waals surface area contributed by atoms with E-state index in [0.29, 0.717) is 37.8 Å². The number of nitrogens with zero attached hydrogens (tertiary/aromatic N) is 5. The third-order valence-corrected chi connectivity index (χ3v) is 2.97. The van der Waals surface area contributed by atoms with Gasteiger partial charge in [-0.1, -0.05) is 0 Å². The van der Waals surface area contributed by atoms with Crippen LogP contribution in [0.25, 0.3) is 0 Å². The van der Waals surface area contributed by atoms with Gasteiger partial charge in [0.05, 0.1) is 0 Å². The molecule has 1 amide bonds. The van der Waals surface area contributed by atoms with E-state index in [1.54, 1.807) is 17.2 Å². The molecule has 0 aromatic carbocycles. The highest BCUT2D eigenvalue weighted by molar-refractivity contribution is 5.68. The minimum Gasteiger partial charge on any atom is -0.444 e. The molecular weight excluding hydrogens is 270 g/mol. The van der Waals surface area contributed by atoms with Crippen molar-refractivity contribution in [2.24, 2.45) is 0 Å². The van der Waals surface area contributed by atoms with E-state index in [4.69, 9.17) is 10.00 Å². The zero-order chi connectivity index (χ0) is 15.5. The monoisotopic (exact) mass is 289 g/mol. The normalized spacial score (nSPS) is 15.5. The molecule has 0 saturated carbocycles. The molecule has 0 radical (unpaired) electrons. The lowest BCUT2D eigenvalue weighted by Gasteiger charge is -2.35. The van der Waals surface area contributed by atoms with Crippen LogP contribution in [0.1, 0.15) is 26.5 Å². The van der Waals surface area contributed by atoms with Gasteiger partial charge in [0.25, 0.3) is 0 Å². The number of rotatable bonds is 1. The van der Waals surface area contributed by atoms with Gasteiger partial charge < -0.3 is 14.5 Å². The van der Waals surface area contributed by atoms with Crippen LogP contribution in [0.2, 0.25) is 0 Å². The summed E-state index contributed by atoms with van der Waals surface area (Å²) in [5.74, 6) is 0.526. The summed E-state index contributed by atoms with van der Waals surface area (Å²) in [6.45, 7) is 7.89. The van der Waals surface area contributed by atoms with Crippen LogP contribution in [0, 0.1) is 11.3 Å². The van der Waals surface area contributed by atoms with Crippen LogP contribution in [0.5, 0.6) is 0 Å². The summed E-state index contributed by atoms with van der Waals surface area (Å²) >= 11 is 0. The topological polar surface area (TPSA) is 82.4 Å². The van der Waals surface area contributed by atoms with Crippen LogP contribution >= 0.6 is 0 Å². The minimum absolute atomic E-state index is 0.297. The van der Waals surface area contributed by atoms with Crippen LogP contribution in [0.4, 0.5) is 10.7 Å². The Morgan fingerprint density at radius 2 is 2.00 bits per heavy atom. The van der Waals surface area contributed by atoms with E-state index in [2.05, 4.69) is 9.97 Å². The molecule has 0 aliphatic carbocycles. The Morgan fingerprint density at radius 3 is 2.57 bits per heavy atom.